The molecule has 0 saturated heterocycles. The maximum Gasteiger partial charge on any atom is 0.262 e. The van der Waals surface area contributed by atoms with Crippen molar-refractivity contribution in [1.82, 2.24) is 5.32 Å². The maximum absolute atomic E-state index is 11.9. The Balaban J connectivity index is 2.84. The fraction of sp³-hybridized carbons (Fsp3) is 0.333. The monoisotopic (exact) mass is 292 g/mol. The second-order valence-electron chi connectivity index (χ2n) is 4.22. The van der Waals surface area contributed by atoms with Crippen LogP contribution in [0.15, 0.2) is 23.4 Å². The summed E-state index contributed by atoms with van der Waals surface area (Å²) < 4.78 is 0. The van der Waals surface area contributed by atoms with Crippen molar-refractivity contribution in [2.24, 2.45) is 11.1 Å². The Hall–Kier alpha value is -1.99. The lowest BCUT2D eigenvalue weighted by Gasteiger charge is -2.02. The van der Waals surface area contributed by atoms with Gasteiger partial charge in [0, 0.05) is 22.5 Å². The van der Waals surface area contributed by atoms with E-state index in [2.05, 4.69) is 27.3 Å². The molecule has 106 valence electrons. The van der Waals surface area contributed by atoms with Gasteiger partial charge in [0.05, 0.1) is 6.21 Å². The Kier molecular flexibility index (Phi) is 6.61. The van der Waals surface area contributed by atoms with E-state index in [-0.39, 0.29) is 11.8 Å². The summed E-state index contributed by atoms with van der Waals surface area (Å²) in [6.45, 7) is 4.04. The predicted octanol–water partition coefficient (Wildman–Crippen LogP) is 3.06. The molecule has 5 heteroatoms. The zero-order valence-corrected chi connectivity index (χ0v) is 12.5. The van der Waals surface area contributed by atoms with Crippen LogP contribution in [-0.2, 0) is 4.84 Å². The molecule has 0 saturated carbocycles. The van der Waals surface area contributed by atoms with Gasteiger partial charge >= 0.3 is 0 Å². The average Bonchev–Trinajstić information content (AvgIpc) is 2.44. The van der Waals surface area contributed by atoms with Gasteiger partial charge in [-0.25, -0.2) is 0 Å². The number of hydrogen-bond acceptors (Lipinski definition) is 3. The molecule has 0 aliphatic carbocycles. The summed E-state index contributed by atoms with van der Waals surface area (Å²) in [5, 5.41) is 6.63. The number of hydrogen-bond donors (Lipinski definition) is 1. The van der Waals surface area contributed by atoms with E-state index in [4.69, 9.17) is 11.6 Å². The molecule has 1 rings (SSSR count). The molecular formula is C15H17ClN2O2. The average molecular weight is 293 g/mol. The number of carbonyl (C=O) groups excluding carboxylic acids is 1. The molecule has 20 heavy (non-hydrogen) atoms. The van der Waals surface area contributed by atoms with Crippen LogP contribution >= 0.6 is 11.6 Å². The molecule has 4 nitrogen and oxygen atoms in total. The van der Waals surface area contributed by atoms with Crippen molar-refractivity contribution < 1.29 is 9.63 Å². The Bertz CT molecular complexity index is 559. The zero-order valence-electron chi connectivity index (χ0n) is 11.7. The fourth-order valence-corrected chi connectivity index (χ4v) is 1.57. The first-order chi connectivity index (χ1) is 9.56. The van der Waals surface area contributed by atoms with Gasteiger partial charge in [0.1, 0.15) is 7.11 Å². The van der Waals surface area contributed by atoms with Crippen molar-refractivity contribution in [3.8, 4) is 12.0 Å². The lowest BCUT2D eigenvalue weighted by atomic mass is 10.1. The number of nitrogens with zero attached hydrogens (tertiary/aromatic N) is 1. The second-order valence-corrected chi connectivity index (χ2v) is 4.66. The highest BCUT2D eigenvalue weighted by Gasteiger charge is 2.06. The van der Waals surface area contributed by atoms with Gasteiger partial charge in [0.15, 0.2) is 0 Å². The number of oxime groups is 1. The number of amides is 1. The van der Waals surface area contributed by atoms with Crippen molar-refractivity contribution in [3.63, 3.8) is 0 Å². The molecule has 1 amide bonds. The molecule has 0 aromatic heterocycles. The van der Waals surface area contributed by atoms with Gasteiger partial charge < -0.3 is 4.84 Å². The van der Waals surface area contributed by atoms with E-state index in [0.29, 0.717) is 16.1 Å². The summed E-state index contributed by atoms with van der Waals surface area (Å²) in [4.78, 5) is 16.5. The molecule has 1 aromatic rings. The van der Waals surface area contributed by atoms with Crippen LogP contribution in [0.4, 0.5) is 0 Å². The lowest BCUT2D eigenvalue weighted by molar-refractivity contribution is 0.0973. The number of rotatable bonds is 4. The van der Waals surface area contributed by atoms with E-state index in [1.54, 1.807) is 18.2 Å². The largest absolute Gasteiger partial charge is 0.399 e. The topological polar surface area (TPSA) is 50.7 Å². The van der Waals surface area contributed by atoms with Crippen molar-refractivity contribution in [3.05, 3.63) is 34.3 Å². The number of halogens is 1. The molecular weight excluding hydrogens is 276 g/mol. The van der Waals surface area contributed by atoms with Gasteiger partial charge in [-0.1, -0.05) is 36.5 Å². The minimum Gasteiger partial charge on any atom is -0.399 e. The van der Waals surface area contributed by atoms with Crippen LogP contribution in [-0.4, -0.2) is 19.2 Å². The molecule has 1 N–H and O–H groups in total. The van der Waals surface area contributed by atoms with Crippen LogP contribution in [0.3, 0.4) is 0 Å². The molecule has 0 bridgehead atoms. The van der Waals surface area contributed by atoms with Crippen molar-refractivity contribution in [2.45, 2.75) is 20.3 Å². The second kappa shape index (κ2) is 8.23. The van der Waals surface area contributed by atoms with Gasteiger partial charge in [0.2, 0.25) is 0 Å². The lowest BCUT2D eigenvalue weighted by Crippen LogP contribution is -2.18. The number of nitrogens with one attached hydrogen (secondary N) is 1. The van der Waals surface area contributed by atoms with Gasteiger partial charge in [-0.15, -0.1) is 0 Å². The highest BCUT2D eigenvalue weighted by molar-refractivity contribution is 6.31. The fourth-order valence-electron chi connectivity index (χ4n) is 1.32. The van der Waals surface area contributed by atoms with E-state index in [1.165, 1.54) is 13.3 Å². The van der Waals surface area contributed by atoms with Gasteiger partial charge in [-0.2, -0.15) is 0 Å². The third-order valence-corrected chi connectivity index (χ3v) is 2.81. The zero-order chi connectivity index (χ0) is 15.0. The van der Waals surface area contributed by atoms with E-state index in [1.807, 2.05) is 13.8 Å². The molecule has 0 fully saturated rings. The maximum atomic E-state index is 11.9. The van der Waals surface area contributed by atoms with Gasteiger partial charge in [-0.3, -0.25) is 10.1 Å². The standard InChI is InChI=1S/C15H17ClN2O2/c1-4-11(2)5-6-17-15(19)13-7-12(10-18-20-3)8-14(16)9-13/h7-11H,4H2,1-3H3,(H,17,19). The smallest absolute Gasteiger partial charge is 0.262 e. The highest BCUT2D eigenvalue weighted by Crippen LogP contribution is 2.14. The summed E-state index contributed by atoms with van der Waals surface area (Å²) in [6.07, 6.45) is 2.42. The summed E-state index contributed by atoms with van der Waals surface area (Å²) >= 11 is 5.96. The highest BCUT2D eigenvalue weighted by atomic mass is 35.5. The first-order valence-corrected chi connectivity index (χ1v) is 6.62. The Labute approximate surface area is 124 Å². The molecule has 1 atom stereocenters. The first kappa shape index (κ1) is 16.1. The summed E-state index contributed by atoms with van der Waals surface area (Å²) in [5.41, 5.74) is 1.10. The molecule has 1 aromatic carbocycles. The Morgan fingerprint density at radius 1 is 1.55 bits per heavy atom. The van der Waals surface area contributed by atoms with Crippen molar-refractivity contribution in [2.75, 3.05) is 7.11 Å². The third-order valence-electron chi connectivity index (χ3n) is 2.60. The molecule has 0 spiro atoms. The van der Waals surface area contributed by atoms with Crippen LogP contribution in [0.25, 0.3) is 0 Å². The Morgan fingerprint density at radius 3 is 2.95 bits per heavy atom. The van der Waals surface area contributed by atoms with E-state index in [0.717, 1.165) is 6.42 Å². The van der Waals surface area contributed by atoms with Crippen LogP contribution < -0.4 is 5.32 Å². The van der Waals surface area contributed by atoms with Crippen LogP contribution in [0, 0.1) is 17.9 Å². The van der Waals surface area contributed by atoms with Gasteiger partial charge in [-0.05, 0) is 30.2 Å². The van der Waals surface area contributed by atoms with Crippen LogP contribution in [0.5, 0.6) is 0 Å². The molecule has 0 heterocycles. The quantitative estimate of drug-likeness (QED) is 0.401. The third kappa shape index (κ3) is 5.33. The normalized spacial score (nSPS) is 11.6. The molecule has 0 aliphatic rings. The van der Waals surface area contributed by atoms with Crippen LogP contribution in [0.1, 0.15) is 36.2 Å². The van der Waals surface area contributed by atoms with Crippen molar-refractivity contribution >= 4 is 23.7 Å². The molecule has 0 aliphatic heterocycles. The van der Waals surface area contributed by atoms with Crippen molar-refractivity contribution in [1.29, 1.82) is 0 Å². The first-order valence-electron chi connectivity index (χ1n) is 6.24. The summed E-state index contributed by atoms with van der Waals surface area (Å²) in [5.74, 6) is 2.89. The summed E-state index contributed by atoms with van der Waals surface area (Å²) in [6, 6.07) is 7.59. The Morgan fingerprint density at radius 2 is 2.30 bits per heavy atom. The van der Waals surface area contributed by atoms with Gasteiger partial charge in [0.25, 0.3) is 5.91 Å². The molecule has 1 unspecified atom stereocenters. The summed E-state index contributed by atoms with van der Waals surface area (Å²) in [7, 11) is 1.44. The predicted molar refractivity (Wildman–Crippen MR) is 80.8 cm³/mol. The van der Waals surface area contributed by atoms with E-state index >= 15 is 0 Å². The number of benzene rings is 1. The minimum atomic E-state index is -0.296. The SMILES string of the molecule is CCC(C)C#CNC(=O)c1cc(Cl)cc(C=NOC)c1. The minimum absolute atomic E-state index is 0.249. The van der Waals surface area contributed by atoms with E-state index < -0.39 is 0 Å². The molecule has 0 radical (unpaired) electrons. The van der Waals surface area contributed by atoms with E-state index in [9.17, 15) is 4.79 Å². The van der Waals surface area contributed by atoms with Crippen LogP contribution in [0.2, 0.25) is 5.02 Å². The number of carbonyl (C=O) groups is 1.